The Morgan fingerprint density at radius 3 is 2.87 bits per heavy atom. The van der Waals surface area contributed by atoms with Crippen LogP contribution < -0.4 is 5.32 Å². The van der Waals surface area contributed by atoms with Crippen LogP contribution >= 0.6 is 11.6 Å². The molecule has 0 aliphatic heterocycles. The maximum atomic E-state index is 13.0. The van der Waals surface area contributed by atoms with Crippen LogP contribution in [0.15, 0.2) is 61.2 Å². The molecule has 1 aromatic heterocycles. The highest BCUT2D eigenvalue weighted by atomic mass is 35.5. The molecular formula is C17H13ClFN3O. The van der Waals surface area contributed by atoms with Crippen LogP contribution in [-0.2, 0) is 6.54 Å². The number of aromatic nitrogens is 2. The van der Waals surface area contributed by atoms with Gasteiger partial charge in [0.2, 0.25) is 0 Å². The zero-order valence-corrected chi connectivity index (χ0v) is 12.8. The van der Waals surface area contributed by atoms with Gasteiger partial charge in [-0.3, -0.25) is 4.79 Å². The minimum atomic E-state index is -0.473. The monoisotopic (exact) mass is 329 g/mol. The zero-order valence-electron chi connectivity index (χ0n) is 12.0. The van der Waals surface area contributed by atoms with Crippen molar-refractivity contribution < 1.29 is 9.18 Å². The van der Waals surface area contributed by atoms with Crippen molar-refractivity contribution in [1.82, 2.24) is 14.9 Å². The van der Waals surface area contributed by atoms with E-state index >= 15 is 0 Å². The van der Waals surface area contributed by atoms with Crippen molar-refractivity contribution >= 4 is 17.5 Å². The first-order valence-corrected chi connectivity index (χ1v) is 7.32. The molecule has 2 aromatic carbocycles. The molecule has 0 fully saturated rings. The van der Waals surface area contributed by atoms with E-state index in [0.29, 0.717) is 6.54 Å². The summed E-state index contributed by atoms with van der Waals surface area (Å²) in [5.41, 5.74) is 2.13. The summed E-state index contributed by atoms with van der Waals surface area (Å²) < 4.78 is 14.9. The average molecular weight is 330 g/mol. The third-order valence-electron chi connectivity index (χ3n) is 3.34. The van der Waals surface area contributed by atoms with Crippen LogP contribution in [0.25, 0.3) is 5.69 Å². The maximum Gasteiger partial charge on any atom is 0.253 e. The number of carbonyl (C=O) groups is 1. The van der Waals surface area contributed by atoms with E-state index in [0.717, 1.165) is 17.3 Å². The smallest absolute Gasteiger partial charge is 0.253 e. The first kappa shape index (κ1) is 15.2. The molecule has 0 bridgehead atoms. The summed E-state index contributed by atoms with van der Waals surface area (Å²) in [7, 11) is 0. The third-order valence-corrected chi connectivity index (χ3v) is 3.65. The number of hydrogen-bond donors (Lipinski definition) is 1. The van der Waals surface area contributed by atoms with Gasteiger partial charge in [-0.1, -0.05) is 23.7 Å². The summed E-state index contributed by atoms with van der Waals surface area (Å²) in [6.45, 7) is 0.342. The summed E-state index contributed by atoms with van der Waals surface area (Å²) >= 11 is 5.89. The van der Waals surface area contributed by atoms with Crippen molar-refractivity contribution in [2.45, 2.75) is 6.54 Å². The summed E-state index contributed by atoms with van der Waals surface area (Å²) in [4.78, 5) is 16.1. The van der Waals surface area contributed by atoms with Crippen LogP contribution in [0.5, 0.6) is 0 Å². The van der Waals surface area contributed by atoms with Gasteiger partial charge in [0, 0.05) is 24.6 Å². The van der Waals surface area contributed by atoms with Crippen LogP contribution in [0.4, 0.5) is 4.39 Å². The molecule has 4 nitrogen and oxygen atoms in total. The molecule has 0 spiro atoms. The summed E-state index contributed by atoms with van der Waals surface area (Å²) in [5.74, 6) is -0.817. The van der Waals surface area contributed by atoms with Crippen LogP contribution in [0.3, 0.4) is 0 Å². The molecule has 3 aromatic rings. The minimum absolute atomic E-state index is 0.0923. The molecule has 1 N–H and O–H groups in total. The number of halogens is 2. The van der Waals surface area contributed by atoms with E-state index in [4.69, 9.17) is 11.6 Å². The molecule has 1 amide bonds. The normalized spacial score (nSPS) is 10.5. The Bertz CT molecular complexity index is 834. The Kier molecular flexibility index (Phi) is 4.39. The Hall–Kier alpha value is -2.66. The fraction of sp³-hybridized carbons (Fsp3) is 0.0588. The summed E-state index contributed by atoms with van der Waals surface area (Å²) in [6, 6.07) is 11.4. The van der Waals surface area contributed by atoms with E-state index in [1.807, 2.05) is 35.0 Å². The van der Waals surface area contributed by atoms with Gasteiger partial charge in [0.25, 0.3) is 5.91 Å². The van der Waals surface area contributed by atoms with Gasteiger partial charge in [-0.05, 0) is 35.9 Å². The Morgan fingerprint density at radius 1 is 1.26 bits per heavy atom. The van der Waals surface area contributed by atoms with E-state index in [1.165, 1.54) is 12.1 Å². The lowest BCUT2D eigenvalue weighted by Gasteiger charge is -2.09. The van der Waals surface area contributed by atoms with Gasteiger partial charge >= 0.3 is 0 Å². The number of carbonyl (C=O) groups excluding carboxylic acids is 1. The fourth-order valence-corrected chi connectivity index (χ4v) is 2.44. The molecule has 0 saturated heterocycles. The van der Waals surface area contributed by atoms with Crippen molar-refractivity contribution in [3.05, 3.63) is 83.2 Å². The topological polar surface area (TPSA) is 46.9 Å². The van der Waals surface area contributed by atoms with Crippen molar-refractivity contribution in [2.24, 2.45) is 0 Å². The quantitative estimate of drug-likeness (QED) is 0.795. The van der Waals surface area contributed by atoms with Gasteiger partial charge in [-0.25, -0.2) is 9.37 Å². The predicted molar refractivity (Wildman–Crippen MR) is 86.1 cm³/mol. The highest BCUT2D eigenvalue weighted by Crippen LogP contribution is 2.17. The van der Waals surface area contributed by atoms with E-state index in [-0.39, 0.29) is 16.5 Å². The first-order valence-electron chi connectivity index (χ1n) is 6.94. The van der Waals surface area contributed by atoms with Crippen molar-refractivity contribution in [1.29, 1.82) is 0 Å². The SMILES string of the molecule is O=C(NCc1cccc(-n2ccnc2)c1)c1ccc(F)cc1Cl. The lowest BCUT2D eigenvalue weighted by atomic mass is 10.1. The van der Waals surface area contributed by atoms with Crippen molar-refractivity contribution in [3.8, 4) is 5.69 Å². The van der Waals surface area contributed by atoms with E-state index in [1.54, 1.807) is 12.5 Å². The number of amides is 1. The molecule has 0 atom stereocenters. The average Bonchev–Trinajstić information content (AvgIpc) is 3.07. The van der Waals surface area contributed by atoms with Crippen LogP contribution in [0.1, 0.15) is 15.9 Å². The van der Waals surface area contributed by atoms with Gasteiger partial charge in [-0.2, -0.15) is 0 Å². The lowest BCUT2D eigenvalue weighted by molar-refractivity contribution is 0.0951. The minimum Gasteiger partial charge on any atom is -0.348 e. The van der Waals surface area contributed by atoms with Gasteiger partial charge in [0.1, 0.15) is 5.82 Å². The summed E-state index contributed by atoms with van der Waals surface area (Å²) in [5, 5.41) is 2.87. The Labute approximate surface area is 137 Å². The van der Waals surface area contributed by atoms with E-state index < -0.39 is 5.82 Å². The summed E-state index contributed by atoms with van der Waals surface area (Å²) in [6.07, 6.45) is 5.25. The van der Waals surface area contributed by atoms with Crippen LogP contribution in [0, 0.1) is 5.82 Å². The highest BCUT2D eigenvalue weighted by Gasteiger charge is 2.10. The van der Waals surface area contributed by atoms with E-state index in [9.17, 15) is 9.18 Å². The van der Waals surface area contributed by atoms with Gasteiger partial charge < -0.3 is 9.88 Å². The molecular weight excluding hydrogens is 317 g/mol. The zero-order chi connectivity index (χ0) is 16.2. The third kappa shape index (κ3) is 3.57. The number of nitrogens with one attached hydrogen (secondary N) is 1. The largest absolute Gasteiger partial charge is 0.348 e. The van der Waals surface area contributed by atoms with Crippen LogP contribution in [-0.4, -0.2) is 15.5 Å². The molecule has 0 aliphatic carbocycles. The number of hydrogen-bond acceptors (Lipinski definition) is 2. The molecule has 1 heterocycles. The fourth-order valence-electron chi connectivity index (χ4n) is 2.19. The molecule has 0 saturated carbocycles. The van der Waals surface area contributed by atoms with E-state index in [2.05, 4.69) is 10.3 Å². The first-order chi connectivity index (χ1) is 11.1. The molecule has 116 valence electrons. The van der Waals surface area contributed by atoms with Crippen molar-refractivity contribution in [3.63, 3.8) is 0 Å². The molecule has 3 rings (SSSR count). The lowest BCUT2D eigenvalue weighted by Crippen LogP contribution is -2.23. The van der Waals surface area contributed by atoms with Gasteiger partial charge in [-0.15, -0.1) is 0 Å². The molecule has 0 unspecified atom stereocenters. The Morgan fingerprint density at radius 2 is 2.13 bits per heavy atom. The number of imidazole rings is 1. The number of benzene rings is 2. The number of rotatable bonds is 4. The highest BCUT2D eigenvalue weighted by molar-refractivity contribution is 6.33. The van der Waals surface area contributed by atoms with Crippen LogP contribution in [0.2, 0.25) is 5.02 Å². The molecule has 0 aliphatic rings. The van der Waals surface area contributed by atoms with Gasteiger partial charge in [0.05, 0.1) is 16.9 Å². The molecule has 6 heteroatoms. The van der Waals surface area contributed by atoms with Gasteiger partial charge in [0.15, 0.2) is 0 Å². The Balaban J connectivity index is 1.71. The standard InChI is InChI=1S/C17H13ClFN3O/c18-16-9-13(19)4-5-15(16)17(23)21-10-12-2-1-3-14(8-12)22-7-6-20-11-22/h1-9,11H,10H2,(H,21,23). The second kappa shape index (κ2) is 6.62. The molecule has 0 radical (unpaired) electrons. The maximum absolute atomic E-state index is 13.0. The molecule has 23 heavy (non-hydrogen) atoms. The number of nitrogens with zero attached hydrogens (tertiary/aromatic N) is 2. The second-order valence-electron chi connectivity index (χ2n) is 4.95. The predicted octanol–water partition coefficient (Wildman–Crippen LogP) is 3.59. The second-order valence-corrected chi connectivity index (χ2v) is 5.35. The van der Waals surface area contributed by atoms with Crippen molar-refractivity contribution in [2.75, 3.05) is 0 Å².